The number of allylic oxidation sites excluding steroid dienone is 1. The Morgan fingerprint density at radius 3 is 2.60 bits per heavy atom. The Morgan fingerprint density at radius 1 is 1.05 bits per heavy atom. The molecule has 0 saturated carbocycles. The van der Waals surface area contributed by atoms with Crippen LogP contribution in [0.15, 0.2) is 60.8 Å². The lowest BCUT2D eigenvalue weighted by Gasteiger charge is -2.04. The van der Waals surface area contributed by atoms with Gasteiger partial charge in [-0.15, -0.1) is 0 Å². The summed E-state index contributed by atoms with van der Waals surface area (Å²) in [7, 11) is 1.95. The highest BCUT2D eigenvalue weighted by molar-refractivity contribution is 5.97. The Morgan fingerprint density at radius 2 is 1.85 bits per heavy atom. The zero-order chi connectivity index (χ0) is 13.9. The highest BCUT2D eigenvalue weighted by Gasteiger charge is 2.05. The Hall–Kier alpha value is -2.79. The normalized spacial score (nSPS) is 11.5. The van der Waals surface area contributed by atoms with Gasteiger partial charge in [0.2, 0.25) is 0 Å². The van der Waals surface area contributed by atoms with Crippen LogP contribution in [-0.2, 0) is 7.05 Å². The summed E-state index contributed by atoms with van der Waals surface area (Å²) in [5.41, 5.74) is 2.68. The van der Waals surface area contributed by atoms with Crippen LogP contribution in [0.2, 0.25) is 0 Å². The van der Waals surface area contributed by atoms with Crippen LogP contribution in [-0.4, -0.2) is 4.57 Å². The van der Waals surface area contributed by atoms with E-state index in [0.29, 0.717) is 5.57 Å². The van der Waals surface area contributed by atoms with Crippen molar-refractivity contribution in [3.63, 3.8) is 0 Å². The van der Waals surface area contributed by atoms with E-state index in [1.165, 1.54) is 5.39 Å². The van der Waals surface area contributed by atoms with Crippen molar-refractivity contribution in [1.82, 2.24) is 4.57 Å². The first-order chi connectivity index (χ1) is 9.79. The van der Waals surface area contributed by atoms with E-state index in [-0.39, 0.29) is 0 Å². The summed E-state index contributed by atoms with van der Waals surface area (Å²) in [4.78, 5) is 0. The molecular formula is C18H14N2. The number of benzene rings is 2. The van der Waals surface area contributed by atoms with Gasteiger partial charge in [-0.1, -0.05) is 42.5 Å². The topological polar surface area (TPSA) is 28.7 Å². The van der Waals surface area contributed by atoms with Gasteiger partial charge in [-0.05, 0) is 34.5 Å². The molecule has 2 heteroatoms. The van der Waals surface area contributed by atoms with Crippen molar-refractivity contribution in [1.29, 1.82) is 5.26 Å². The van der Waals surface area contributed by atoms with Crippen LogP contribution in [0.25, 0.3) is 22.4 Å². The molecular weight excluding hydrogens is 244 g/mol. The van der Waals surface area contributed by atoms with Gasteiger partial charge in [0.15, 0.2) is 0 Å². The molecule has 1 aromatic heterocycles. The minimum atomic E-state index is 0.675. The first-order valence-electron chi connectivity index (χ1n) is 6.51. The van der Waals surface area contributed by atoms with Gasteiger partial charge >= 0.3 is 0 Å². The summed E-state index contributed by atoms with van der Waals surface area (Å²) >= 11 is 0. The average Bonchev–Trinajstić information content (AvgIpc) is 2.91. The van der Waals surface area contributed by atoms with Crippen molar-refractivity contribution in [3.05, 3.63) is 72.1 Å². The molecule has 96 valence electrons. The molecule has 3 rings (SSSR count). The number of hydrogen-bond donors (Lipinski definition) is 0. The SMILES string of the molecule is Cn1cccc1C(C#N)=Cc1cccc2ccccc12. The van der Waals surface area contributed by atoms with E-state index in [9.17, 15) is 5.26 Å². The maximum absolute atomic E-state index is 9.42. The molecule has 0 aliphatic rings. The first-order valence-corrected chi connectivity index (χ1v) is 6.51. The maximum atomic E-state index is 9.42. The van der Waals surface area contributed by atoms with E-state index >= 15 is 0 Å². The zero-order valence-electron chi connectivity index (χ0n) is 11.2. The summed E-state index contributed by atoms with van der Waals surface area (Å²) in [6, 6.07) is 20.6. The van der Waals surface area contributed by atoms with Gasteiger partial charge in [-0.3, -0.25) is 0 Å². The number of fused-ring (bicyclic) bond motifs is 1. The largest absolute Gasteiger partial charge is 0.350 e. The molecule has 0 spiro atoms. The number of nitriles is 1. The Labute approximate surface area is 118 Å². The summed E-state index contributed by atoms with van der Waals surface area (Å²) < 4.78 is 1.96. The predicted octanol–water partition coefficient (Wildman–Crippen LogP) is 4.24. The molecule has 0 amide bonds. The Bertz CT molecular complexity index is 826. The fraction of sp³-hybridized carbons (Fsp3) is 0.0556. The highest BCUT2D eigenvalue weighted by Crippen LogP contribution is 2.24. The molecule has 20 heavy (non-hydrogen) atoms. The molecule has 0 atom stereocenters. The van der Waals surface area contributed by atoms with Crippen LogP contribution < -0.4 is 0 Å². The average molecular weight is 258 g/mol. The van der Waals surface area contributed by atoms with E-state index in [0.717, 1.165) is 16.6 Å². The zero-order valence-corrected chi connectivity index (χ0v) is 11.2. The Kier molecular flexibility index (Phi) is 3.10. The third-order valence-electron chi connectivity index (χ3n) is 3.46. The highest BCUT2D eigenvalue weighted by atomic mass is 14.9. The van der Waals surface area contributed by atoms with Gasteiger partial charge in [0, 0.05) is 13.2 Å². The molecule has 3 aromatic rings. The van der Waals surface area contributed by atoms with Gasteiger partial charge in [0.05, 0.1) is 11.3 Å². The minimum Gasteiger partial charge on any atom is -0.350 e. The number of aromatic nitrogens is 1. The summed E-state index contributed by atoms with van der Waals surface area (Å²) in [5.74, 6) is 0. The molecule has 2 nitrogen and oxygen atoms in total. The maximum Gasteiger partial charge on any atom is 0.101 e. The number of hydrogen-bond acceptors (Lipinski definition) is 1. The lowest BCUT2D eigenvalue weighted by atomic mass is 10.0. The molecule has 0 aliphatic heterocycles. The van der Waals surface area contributed by atoms with Crippen molar-refractivity contribution in [2.75, 3.05) is 0 Å². The fourth-order valence-corrected chi connectivity index (χ4v) is 2.44. The van der Waals surface area contributed by atoms with E-state index in [1.54, 1.807) is 0 Å². The van der Waals surface area contributed by atoms with Crippen LogP contribution in [0.3, 0.4) is 0 Å². The van der Waals surface area contributed by atoms with Gasteiger partial charge in [-0.2, -0.15) is 5.26 Å². The van der Waals surface area contributed by atoms with Crippen molar-refractivity contribution >= 4 is 22.4 Å². The summed E-state index contributed by atoms with van der Waals surface area (Å²) in [5, 5.41) is 11.8. The van der Waals surface area contributed by atoms with Gasteiger partial charge in [-0.25, -0.2) is 0 Å². The third kappa shape index (κ3) is 2.10. The third-order valence-corrected chi connectivity index (χ3v) is 3.46. The van der Waals surface area contributed by atoms with Crippen molar-refractivity contribution in [2.24, 2.45) is 7.05 Å². The number of nitrogens with zero attached hydrogens (tertiary/aromatic N) is 2. The quantitative estimate of drug-likeness (QED) is 0.632. The van der Waals surface area contributed by atoms with E-state index in [4.69, 9.17) is 0 Å². The molecule has 0 saturated heterocycles. The van der Waals surface area contributed by atoms with Gasteiger partial charge < -0.3 is 4.57 Å². The standard InChI is InChI=1S/C18H14N2/c1-20-11-5-10-18(20)16(13-19)12-15-8-4-7-14-6-2-3-9-17(14)15/h2-12H,1H3. The number of aryl methyl sites for hydroxylation is 1. The molecule has 0 fully saturated rings. The van der Waals surface area contributed by atoms with Crippen LogP contribution in [0, 0.1) is 11.3 Å². The van der Waals surface area contributed by atoms with Gasteiger partial charge in [0.25, 0.3) is 0 Å². The van der Waals surface area contributed by atoms with Crippen LogP contribution in [0.4, 0.5) is 0 Å². The van der Waals surface area contributed by atoms with Crippen LogP contribution in [0.1, 0.15) is 11.3 Å². The second-order valence-corrected chi connectivity index (χ2v) is 4.74. The van der Waals surface area contributed by atoms with Crippen molar-refractivity contribution < 1.29 is 0 Å². The molecule has 1 heterocycles. The van der Waals surface area contributed by atoms with Crippen LogP contribution in [0.5, 0.6) is 0 Å². The summed E-state index contributed by atoms with van der Waals surface area (Å²) in [6.45, 7) is 0. The monoisotopic (exact) mass is 258 g/mol. The van der Waals surface area contributed by atoms with E-state index in [1.807, 2.05) is 60.3 Å². The summed E-state index contributed by atoms with van der Waals surface area (Å²) in [6.07, 6.45) is 3.90. The molecule has 0 aliphatic carbocycles. The first kappa shape index (κ1) is 12.3. The van der Waals surface area contributed by atoms with Crippen molar-refractivity contribution in [3.8, 4) is 6.07 Å². The smallest absolute Gasteiger partial charge is 0.101 e. The molecule has 0 radical (unpaired) electrons. The van der Waals surface area contributed by atoms with E-state index < -0.39 is 0 Å². The molecule has 0 bridgehead atoms. The molecule has 0 unspecified atom stereocenters. The Balaban J connectivity index is 2.19. The molecule has 0 N–H and O–H groups in total. The molecule has 2 aromatic carbocycles. The van der Waals surface area contributed by atoms with Crippen molar-refractivity contribution in [2.45, 2.75) is 0 Å². The fourth-order valence-electron chi connectivity index (χ4n) is 2.44. The lowest BCUT2D eigenvalue weighted by Crippen LogP contribution is -1.92. The lowest BCUT2D eigenvalue weighted by molar-refractivity contribution is 0.911. The number of rotatable bonds is 2. The second-order valence-electron chi connectivity index (χ2n) is 4.74. The van der Waals surface area contributed by atoms with Crippen LogP contribution >= 0.6 is 0 Å². The minimum absolute atomic E-state index is 0.675. The van der Waals surface area contributed by atoms with Gasteiger partial charge in [0.1, 0.15) is 6.07 Å². The predicted molar refractivity (Wildman–Crippen MR) is 82.8 cm³/mol. The second kappa shape index (κ2) is 5.07. The van der Waals surface area contributed by atoms with E-state index in [2.05, 4.69) is 24.3 Å².